The minimum Gasteiger partial charge on any atom is -0.500 e. The number of hydrazone groups is 1. The van der Waals surface area contributed by atoms with Crippen molar-refractivity contribution in [1.29, 1.82) is 0 Å². The fourth-order valence-electron chi connectivity index (χ4n) is 1.44. The van der Waals surface area contributed by atoms with Gasteiger partial charge in [0.1, 0.15) is 0 Å². The van der Waals surface area contributed by atoms with Crippen LogP contribution in [0.4, 0.5) is 5.69 Å². The Morgan fingerprint density at radius 1 is 1.45 bits per heavy atom. The second-order valence-corrected chi connectivity index (χ2v) is 3.91. The van der Waals surface area contributed by atoms with Crippen LogP contribution in [-0.4, -0.2) is 41.7 Å². The summed E-state index contributed by atoms with van der Waals surface area (Å²) in [7, 11) is 1.23. The van der Waals surface area contributed by atoms with E-state index in [1.165, 1.54) is 13.2 Å². The Labute approximate surface area is 124 Å². The van der Waals surface area contributed by atoms with Gasteiger partial charge in [0.25, 0.3) is 0 Å². The molecular weight excluding hydrogens is 296 g/mol. The molecule has 0 aliphatic rings. The average Bonchev–Trinajstić information content (AvgIpc) is 2.48. The van der Waals surface area contributed by atoms with Gasteiger partial charge in [-0.3, -0.25) is 19.7 Å². The van der Waals surface area contributed by atoms with Crippen LogP contribution in [0.25, 0.3) is 0 Å². The molecule has 0 saturated carbocycles. The molecule has 22 heavy (non-hydrogen) atoms. The van der Waals surface area contributed by atoms with Crippen LogP contribution in [0.15, 0.2) is 17.2 Å². The monoisotopic (exact) mass is 310 g/mol. The highest BCUT2D eigenvalue weighted by atomic mass is 16.6. The zero-order valence-corrected chi connectivity index (χ0v) is 11.8. The Hall–Kier alpha value is -3.17. The zero-order chi connectivity index (χ0) is 16.7. The molecule has 1 aromatic carbocycles. The van der Waals surface area contributed by atoms with Gasteiger partial charge in [-0.25, -0.2) is 5.43 Å². The average molecular weight is 310 g/mol. The maximum absolute atomic E-state index is 11.3. The summed E-state index contributed by atoms with van der Waals surface area (Å²) in [4.78, 5) is 32.4. The summed E-state index contributed by atoms with van der Waals surface area (Å²) in [5, 5.41) is 26.2. The third-order valence-corrected chi connectivity index (χ3v) is 2.42. The number of nitrogens with zero attached hydrogens (tertiary/aromatic N) is 2. The van der Waals surface area contributed by atoms with E-state index < -0.39 is 28.2 Å². The van der Waals surface area contributed by atoms with Crippen LogP contribution in [0.1, 0.15) is 12.5 Å². The van der Waals surface area contributed by atoms with E-state index in [0.717, 1.165) is 12.3 Å². The molecule has 1 aromatic rings. The fourth-order valence-corrected chi connectivity index (χ4v) is 1.44. The summed E-state index contributed by atoms with van der Waals surface area (Å²) < 4.78 is 4.81. The first kappa shape index (κ1) is 16.9. The second-order valence-electron chi connectivity index (χ2n) is 3.91. The van der Waals surface area contributed by atoms with Gasteiger partial charge >= 0.3 is 17.5 Å². The van der Waals surface area contributed by atoms with Crippen LogP contribution in [0, 0.1) is 10.1 Å². The van der Waals surface area contributed by atoms with E-state index in [-0.39, 0.29) is 17.9 Å². The van der Waals surface area contributed by atoms with Crippen LogP contribution in [0.5, 0.6) is 11.5 Å². The van der Waals surface area contributed by atoms with Gasteiger partial charge in [0.15, 0.2) is 5.75 Å². The molecule has 0 radical (unpaired) electrons. The maximum atomic E-state index is 11.3. The Morgan fingerprint density at radius 3 is 2.68 bits per heavy atom. The molecule has 0 fully saturated rings. The van der Waals surface area contributed by atoms with Crippen molar-refractivity contribution in [3.05, 3.63) is 27.8 Å². The quantitative estimate of drug-likeness (QED) is 0.300. The van der Waals surface area contributed by atoms with Gasteiger partial charge in [0.05, 0.1) is 18.2 Å². The van der Waals surface area contributed by atoms with Crippen molar-refractivity contribution in [2.24, 2.45) is 5.10 Å². The fraction of sp³-hybridized carbons (Fsp3) is 0.250. The molecule has 118 valence electrons. The number of amides is 2. The van der Waals surface area contributed by atoms with E-state index in [9.17, 15) is 24.8 Å². The lowest BCUT2D eigenvalue weighted by molar-refractivity contribution is -0.386. The molecule has 0 aromatic heterocycles. The largest absolute Gasteiger partial charge is 0.500 e. The molecule has 0 unspecified atom stereocenters. The van der Waals surface area contributed by atoms with Crippen molar-refractivity contribution in [2.45, 2.75) is 6.92 Å². The first-order valence-corrected chi connectivity index (χ1v) is 6.07. The van der Waals surface area contributed by atoms with E-state index in [4.69, 9.17) is 4.74 Å². The number of nitro groups is 1. The minimum atomic E-state index is -0.974. The lowest BCUT2D eigenvalue weighted by atomic mass is 10.2. The van der Waals surface area contributed by atoms with E-state index >= 15 is 0 Å². The number of carbonyl (C=O) groups is 2. The third kappa shape index (κ3) is 4.16. The van der Waals surface area contributed by atoms with Crippen molar-refractivity contribution in [3.8, 4) is 11.5 Å². The molecule has 1 rings (SSSR count). The first-order valence-electron chi connectivity index (χ1n) is 6.07. The Balaban J connectivity index is 2.92. The number of ether oxygens (including phenoxy) is 1. The van der Waals surface area contributed by atoms with Crippen molar-refractivity contribution < 1.29 is 24.4 Å². The molecule has 0 heterocycles. The lowest BCUT2D eigenvalue weighted by Gasteiger charge is -2.05. The van der Waals surface area contributed by atoms with Gasteiger partial charge in [-0.05, 0) is 13.0 Å². The van der Waals surface area contributed by atoms with Crippen LogP contribution < -0.4 is 15.5 Å². The normalized spacial score (nSPS) is 10.3. The highest BCUT2D eigenvalue weighted by Gasteiger charge is 2.19. The number of hydrogen-bond acceptors (Lipinski definition) is 7. The standard InChI is InChI=1S/C12H14N4O6/c1-3-13-11(18)12(19)15-14-6-7-4-8(16(20)21)10(17)9(5-7)22-2/h4-6,17H,3H2,1-2H3,(H,13,18)(H,15,19)/b14-6-. The van der Waals surface area contributed by atoms with Gasteiger partial charge in [-0.2, -0.15) is 5.10 Å². The number of carbonyl (C=O) groups excluding carboxylic acids is 2. The molecule has 3 N–H and O–H groups in total. The lowest BCUT2D eigenvalue weighted by Crippen LogP contribution is -2.37. The summed E-state index contributed by atoms with van der Waals surface area (Å²) in [5.41, 5.74) is 1.58. The summed E-state index contributed by atoms with van der Waals surface area (Å²) in [6.07, 6.45) is 1.08. The minimum absolute atomic E-state index is 0.120. The summed E-state index contributed by atoms with van der Waals surface area (Å²) in [5.74, 6) is -2.56. The van der Waals surface area contributed by atoms with Crippen LogP contribution in [0.3, 0.4) is 0 Å². The molecule has 0 spiro atoms. The Kier molecular flexibility index (Phi) is 5.81. The molecule has 0 saturated heterocycles. The number of aromatic hydroxyl groups is 1. The number of phenolic OH excluding ortho intramolecular Hbond substituents is 1. The van der Waals surface area contributed by atoms with E-state index in [1.54, 1.807) is 6.92 Å². The van der Waals surface area contributed by atoms with Gasteiger partial charge in [0.2, 0.25) is 5.75 Å². The van der Waals surface area contributed by atoms with Gasteiger partial charge < -0.3 is 15.2 Å². The summed E-state index contributed by atoms with van der Waals surface area (Å²) in [6, 6.07) is 2.32. The number of rotatable bonds is 5. The molecule has 10 heteroatoms. The number of methoxy groups -OCH3 is 1. The van der Waals surface area contributed by atoms with Crippen LogP contribution in [-0.2, 0) is 9.59 Å². The number of nitro benzene ring substituents is 1. The number of likely N-dealkylation sites (N-methyl/N-ethyl adjacent to an activating group) is 1. The van der Waals surface area contributed by atoms with E-state index in [0.29, 0.717) is 0 Å². The number of benzene rings is 1. The van der Waals surface area contributed by atoms with Crippen molar-refractivity contribution in [3.63, 3.8) is 0 Å². The first-order chi connectivity index (χ1) is 10.4. The van der Waals surface area contributed by atoms with Crippen molar-refractivity contribution in [2.75, 3.05) is 13.7 Å². The zero-order valence-electron chi connectivity index (χ0n) is 11.8. The smallest absolute Gasteiger partial charge is 0.329 e. The number of hydrogen-bond donors (Lipinski definition) is 3. The topological polar surface area (TPSA) is 143 Å². The second kappa shape index (κ2) is 7.57. The summed E-state index contributed by atoms with van der Waals surface area (Å²) in [6.45, 7) is 1.94. The van der Waals surface area contributed by atoms with Crippen LogP contribution >= 0.6 is 0 Å². The molecular formula is C12H14N4O6. The van der Waals surface area contributed by atoms with Crippen molar-refractivity contribution >= 4 is 23.7 Å². The molecule has 0 atom stereocenters. The van der Waals surface area contributed by atoms with Gasteiger partial charge in [-0.15, -0.1) is 0 Å². The van der Waals surface area contributed by atoms with E-state index in [1.807, 2.05) is 5.43 Å². The molecule has 0 bridgehead atoms. The SMILES string of the molecule is CCNC(=O)C(=O)N/N=C\c1cc(OC)c(O)c([N+](=O)[O-])c1. The number of phenols is 1. The Bertz CT molecular complexity index is 628. The molecule has 0 aliphatic heterocycles. The molecule has 10 nitrogen and oxygen atoms in total. The summed E-state index contributed by atoms with van der Waals surface area (Å²) >= 11 is 0. The van der Waals surface area contributed by atoms with Crippen molar-refractivity contribution in [1.82, 2.24) is 10.7 Å². The molecule has 2 amide bonds. The highest BCUT2D eigenvalue weighted by molar-refractivity contribution is 6.35. The third-order valence-electron chi connectivity index (χ3n) is 2.42. The highest BCUT2D eigenvalue weighted by Crippen LogP contribution is 2.36. The van der Waals surface area contributed by atoms with E-state index in [2.05, 4.69) is 10.4 Å². The maximum Gasteiger partial charge on any atom is 0.329 e. The Morgan fingerprint density at radius 2 is 2.14 bits per heavy atom. The van der Waals surface area contributed by atoms with Gasteiger partial charge in [-0.1, -0.05) is 0 Å². The predicted molar refractivity (Wildman–Crippen MR) is 75.7 cm³/mol. The van der Waals surface area contributed by atoms with Gasteiger partial charge in [0, 0.05) is 18.2 Å². The predicted octanol–water partition coefficient (Wildman–Crippen LogP) is -0.105. The number of nitrogens with one attached hydrogen (secondary N) is 2. The van der Waals surface area contributed by atoms with Crippen LogP contribution in [0.2, 0.25) is 0 Å². The molecule has 0 aliphatic carbocycles.